The lowest BCUT2D eigenvalue weighted by molar-refractivity contribution is 0.102. The van der Waals surface area contributed by atoms with Crippen LogP contribution in [0.25, 0.3) is 0 Å². The van der Waals surface area contributed by atoms with Gasteiger partial charge in [-0.1, -0.05) is 12.1 Å². The lowest BCUT2D eigenvalue weighted by atomic mass is 10.2. The van der Waals surface area contributed by atoms with Gasteiger partial charge in [-0.2, -0.15) is 0 Å². The fraction of sp³-hybridized carbons (Fsp3) is 0.0833. The molecule has 92 valence electrons. The monoisotopic (exact) mass is 244 g/mol. The zero-order chi connectivity index (χ0) is 13.0. The first-order chi connectivity index (χ1) is 8.69. The Hall–Kier alpha value is -2.47. The van der Waals surface area contributed by atoms with Crippen LogP contribution < -0.4 is 11.1 Å². The molecule has 0 saturated carbocycles. The summed E-state index contributed by atoms with van der Waals surface area (Å²) in [6.07, 6.45) is 0. The average molecular weight is 244 g/mol. The second-order valence-electron chi connectivity index (χ2n) is 3.65. The summed E-state index contributed by atoms with van der Waals surface area (Å²) >= 11 is 0. The Labute approximate surface area is 103 Å². The van der Waals surface area contributed by atoms with E-state index < -0.39 is 0 Å². The smallest absolute Gasteiger partial charge is 0.276 e. The van der Waals surface area contributed by atoms with Crippen molar-refractivity contribution in [1.29, 1.82) is 0 Å². The van der Waals surface area contributed by atoms with Crippen LogP contribution in [0.4, 0.5) is 11.5 Å². The molecule has 18 heavy (non-hydrogen) atoms. The van der Waals surface area contributed by atoms with Crippen LogP contribution in [0.3, 0.4) is 0 Å². The van der Waals surface area contributed by atoms with Gasteiger partial charge in [0.05, 0.1) is 6.61 Å². The number of hydrogen-bond donors (Lipinski definition) is 3. The zero-order valence-corrected chi connectivity index (χ0v) is 9.50. The van der Waals surface area contributed by atoms with Gasteiger partial charge in [0.2, 0.25) is 0 Å². The van der Waals surface area contributed by atoms with Crippen molar-refractivity contribution >= 4 is 17.4 Å². The van der Waals surface area contributed by atoms with E-state index in [-0.39, 0.29) is 24.0 Å². The number of amides is 1. The molecule has 2 rings (SSSR count). The number of carbonyl (C=O) groups is 1. The van der Waals surface area contributed by atoms with E-state index in [0.29, 0.717) is 5.69 Å². The number of aromatic nitrogens is 2. The van der Waals surface area contributed by atoms with Gasteiger partial charge in [0.25, 0.3) is 5.91 Å². The lowest BCUT2D eigenvalue weighted by Crippen LogP contribution is -2.14. The van der Waals surface area contributed by atoms with E-state index in [9.17, 15) is 4.79 Å². The highest BCUT2D eigenvalue weighted by atomic mass is 16.3. The minimum Gasteiger partial charge on any atom is -0.392 e. The molecule has 0 atom stereocenters. The predicted octanol–water partition coefficient (Wildman–Crippen LogP) is 0.803. The van der Waals surface area contributed by atoms with Gasteiger partial charge in [0.1, 0.15) is 5.82 Å². The molecule has 0 aliphatic rings. The third-order valence-corrected chi connectivity index (χ3v) is 2.31. The Bertz CT molecular complexity index is 537. The third kappa shape index (κ3) is 2.80. The van der Waals surface area contributed by atoms with Crippen molar-refractivity contribution in [2.24, 2.45) is 0 Å². The lowest BCUT2D eigenvalue weighted by Gasteiger charge is -2.05. The molecule has 0 aliphatic heterocycles. The van der Waals surface area contributed by atoms with E-state index >= 15 is 0 Å². The number of carbonyl (C=O) groups excluding carboxylic acids is 1. The number of anilines is 2. The van der Waals surface area contributed by atoms with Crippen LogP contribution >= 0.6 is 0 Å². The van der Waals surface area contributed by atoms with Gasteiger partial charge < -0.3 is 16.2 Å². The molecule has 0 bridgehead atoms. The van der Waals surface area contributed by atoms with Crippen LogP contribution in [0.15, 0.2) is 36.4 Å². The van der Waals surface area contributed by atoms with Crippen molar-refractivity contribution in [2.45, 2.75) is 6.61 Å². The number of benzene rings is 1. The van der Waals surface area contributed by atoms with Crippen LogP contribution in [0, 0.1) is 0 Å². The summed E-state index contributed by atoms with van der Waals surface area (Å²) in [6.45, 7) is -0.0301. The fourth-order valence-electron chi connectivity index (χ4n) is 1.35. The maximum Gasteiger partial charge on any atom is 0.276 e. The largest absolute Gasteiger partial charge is 0.392 e. The minimum absolute atomic E-state index is 0.0301. The predicted molar refractivity (Wildman–Crippen MR) is 66.8 cm³/mol. The molecule has 1 amide bonds. The summed E-state index contributed by atoms with van der Waals surface area (Å²) in [5.74, 6) is -0.0990. The molecule has 0 saturated heterocycles. The molecule has 4 N–H and O–H groups in total. The Morgan fingerprint density at radius 2 is 1.89 bits per heavy atom. The minimum atomic E-state index is -0.362. The number of nitrogens with one attached hydrogen (secondary N) is 1. The average Bonchev–Trinajstić information content (AvgIpc) is 2.40. The van der Waals surface area contributed by atoms with Crippen LogP contribution in [-0.2, 0) is 6.61 Å². The quantitative estimate of drug-likeness (QED) is 0.741. The SMILES string of the molecule is Nc1ccc(C(=O)Nc2ccc(CO)cc2)nn1. The third-order valence-electron chi connectivity index (χ3n) is 2.31. The molecule has 6 nitrogen and oxygen atoms in total. The molecule has 6 heteroatoms. The van der Waals surface area contributed by atoms with Gasteiger partial charge in [-0.25, -0.2) is 0 Å². The number of rotatable bonds is 3. The van der Waals surface area contributed by atoms with Crippen molar-refractivity contribution in [3.63, 3.8) is 0 Å². The normalized spacial score (nSPS) is 10.1. The van der Waals surface area contributed by atoms with Gasteiger partial charge in [0.15, 0.2) is 5.69 Å². The molecule has 1 heterocycles. The van der Waals surface area contributed by atoms with Crippen molar-refractivity contribution in [1.82, 2.24) is 10.2 Å². The van der Waals surface area contributed by atoms with Gasteiger partial charge in [-0.15, -0.1) is 10.2 Å². The number of aliphatic hydroxyl groups is 1. The zero-order valence-electron chi connectivity index (χ0n) is 9.50. The Morgan fingerprint density at radius 3 is 2.44 bits per heavy atom. The number of nitrogens with zero attached hydrogens (tertiary/aromatic N) is 2. The summed E-state index contributed by atoms with van der Waals surface area (Å²) in [5, 5.41) is 18.8. The fourth-order valence-corrected chi connectivity index (χ4v) is 1.35. The van der Waals surface area contributed by atoms with Crippen molar-refractivity contribution in [3.8, 4) is 0 Å². The van der Waals surface area contributed by atoms with Crippen LogP contribution in [0.1, 0.15) is 16.1 Å². The first-order valence-corrected chi connectivity index (χ1v) is 5.29. The van der Waals surface area contributed by atoms with E-state index in [1.165, 1.54) is 12.1 Å². The number of nitrogen functional groups attached to an aromatic ring is 1. The molecule has 1 aromatic heterocycles. The van der Waals surface area contributed by atoms with E-state index in [1.807, 2.05) is 0 Å². The molecule has 0 radical (unpaired) electrons. The van der Waals surface area contributed by atoms with Crippen molar-refractivity contribution < 1.29 is 9.90 Å². The highest BCUT2D eigenvalue weighted by Crippen LogP contribution is 2.10. The second-order valence-corrected chi connectivity index (χ2v) is 3.65. The van der Waals surface area contributed by atoms with E-state index in [0.717, 1.165) is 5.56 Å². The maximum atomic E-state index is 11.8. The molecule has 0 aliphatic carbocycles. The number of aliphatic hydroxyl groups excluding tert-OH is 1. The number of nitrogens with two attached hydrogens (primary N) is 1. The molecule has 0 fully saturated rings. The van der Waals surface area contributed by atoms with Crippen LogP contribution in [0.2, 0.25) is 0 Å². The Kier molecular flexibility index (Phi) is 3.49. The van der Waals surface area contributed by atoms with Crippen molar-refractivity contribution in [3.05, 3.63) is 47.7 Å². The summed E-state index contributed by atoms with van der Waals surface area (Å²) in [5.41, 5.74) is 6.97. The summed E-state index contributed by atoms with van der Waals surface area (Å²) in [6, 6.07) is 9.87. The van der Waals surface area contributed by atoms with Crippen LogP contribution in [0.5, 0.6) is 0 Å². The van der Waals surface area contributed by atoms with Gasteiger partial charge in [0, 0.05) is 5.69 Å². The highest BCUT2D eigenvalue weighted by molar-refractivity contribution is 6.02. The molecule has 0 unspecified atom stereocenters. The van der Waals surface area contributed by atoms with Crippen molar-refractivity contribution in [2.75, 3.05) is 11.1 Å². The van der Waals surface area contributed by atoms with Gasteiger partial charge >= 0.3 is 0 Å². The topological polar surface area (TPSA) is 101 Å². The highest BCUT2D eigenvalue weighted by Gasteiger charge is 2.07. The van der Waals surface area contributed by atoms with Gasteiger partial charge in [-0.3, -0.25) is 4.79 Å². The summed E-state index contributed by atoms with van der Waals surface area (Å²) in [7, 11) is 0. The maximum absolute atomic E-state index is 11.8. The van der Waals surface area contributed by atoms with Gasteiger partial charge in [-0.05, 0) is 29.8 Å². The standard InChI is InChI=1S/C12H12N4O2/c13-11-6-5-10(15-16-11)12(18)14-9-3-1-8(7-17)2-4-9/h1-6,17H,7H2,(H2,13,16)(H,14,18). The molecule has 1 aromatic carbocycles. The van der Waals surface area contributed by atoms with E-state index in [4.69, 9.17) is 10.8 Å². The second kappa shape index (κ2) is 5.24. The molecular formula is C12H12N4O2. The summed E-state index contributed by atoms with van der Waals surface area (Å²) in [4.78, 5) is 11.8. The molecule has 0 spiro atoms. The Balaban J connectivity index is 2.08. The molecule has 2 aromatic rings. The number of hydrogen-bond acceptors (Lipinski definition) is 5. The summed E-state index contributed by atoms with van der Waals surface area (Å²) < 4.78 is 0. The first kappa shape index (κ1) is 12.0. The molecular weight excluding hydrogens is 232 g/mol. The van der Waals surface area contributed by atoms with Crippen LogP contribution in [-0.4, -0.2) is 21.2 Å². The van der Waals surface area contributed by atoms with E-state index in [2.05, 4.69) is 15.5 Å². The van der Waals surface area contributed by atoms with E-state index in [1.54, 1.807) is 24.3 Å². The Morgan fingerprint density at radius 1 is 1.17 bits per heavy atom. The first-order valence-electron chi connectivity index (χ1n) is 5.29.